The van der Waals surface area contributed by atoms with Gasteiger partial charge in [0.2, 0.25) is 11.8 Å². The van der Waals surface area contributed by atoms with Crippen LogP contribution in [-0.4, -0.2) is 177 Å². The topological polar surface area (TPSA) is 342 Å². The average Bonchev–Trinajstić information content (AvgIpc) is 1.62. The van der Waals surface area contributed by atoms with Crippen molar-refractivity contribution in [1.29, 1.82) is 0 Å². The van der Waals surface area contributed by atoms with Gasteiger partial charge in [-0.1, -0.05) is 201 Å². The van der Waals surface area contributed by atoms with Gasteiger partial charge in [-0.05, 0) is 156 Å². The van der Waals surface area contributed by atoms with E-state index in [9.17, 15) is 9.59 Å². The molecule has 27 heteroatoms. The number of ether oxygens (including phenoxy) is 1. The molecule has 4 aliphatic rings. The molecule has 9 N–H and O–H groups in total. The Labute approximate surface area is 823 Å². The number of nitrogens with two attached hydrogens (primary N) is 4. The van der Waals surface area contributed by atoms with E-state index in [2.05, 4.69) is 225 Å². The Morgan fingerprint density at radius 2 is 0.599 bits per heavy atom. The van der Waals surface area contributed by atoms with Gasteiger partial charge >= 0.3 is 0 Å². The first-order valence-corrected chi connectivity index (χ1v) is 49.4. The number of pyridine rings is 4. The number of rotatable bonds is 19. The molecule has 0 spiro atoms. The molecule has 4 aliphatic heterocycles. The van der Waals surface area contributed by atoms with E-state index in [1.165, 1.54) is 38.8 Å². The zero-order valence-electron chi connectivity index (χ0n) is 80.1. The van der Waals surface area contributed by atoms with Gasteiger partial charge in [0.15, 0.2) is 0 Å². The van der Waals surface area contributed by atoms with Gasteiger partial charge in [0.25, 0.3) is 0 Å². The normalized spacial score (nSPS) is 14.7. The van der Waals surface area contributed by atoms with E-state index in [0.29, 0.717) is 46.9 Å². The lowest BCUT2D eigenvalue weighted by Gasteiger charge is -2.31. The second kappa shape index (κ2) is 41.5. The van der Waals surface area contributed by atoms with Gasteiger partial charge in [-0.15, -0.1) is 0 Å². The number of anilines is 4. The van der Waals surface area contributed by atoms with E-state index in [-0.39, 0.29) is 18.4 Å². The quantitative estimate of drug-likeness (QED) is 0.0502. The van der Waals surface area contributed by atoms with Gasteiger partial charge < -0.3 is 47.7 Å². The second-order valence-electron chi connectivity index (χ2n) is 37.6. The monoisotopic (exact) mass is 1880 g/mol. The molecule has 712 valence electrons. The fourth-order valence-corrected chi connectivity index (χ4v) is 20.7. The molecular weight excluding hydrogens is 1770 g/mol. The molecule has 0 saturated carbocycles. The summed E-state index contributed by atoms with van der Waals surface area (Å²) < 4.78 is 13.4. The van der Waals surface area contributed by atoms with Crippen molar-refractivity contribution >= 4 is 101 Å². The summed E-state index contributed by atoms with van der Waals surface area (Å²) in [6, 6.07) is 82.8. The number of nitrogens with zero attached hydrogens (tertiary/aromatic N) is 19. The van der Waals surface area contributed by atoms with Crippen LogP contribution in [0.25, 0.3) is 156 Å². The van der Waals surface area contributed by atoms with Crippen LogP contribution in [0.5, 0.6) is 0 Å². The molecule has 0 aliphatic carbocycles. The van der Waals surface area contributed by atoms with Crippen molar-refractivity contribution in [3.05, 3.63) is 316 Å². The number of carbonyl (C=O) groups is 2. The van der Waals surface area contributed by atoms with Crippen molar-refractivity contribution in [2.75, 3.05) is 95.6 Å². The first-order valence-electron chi connectivity index (χ1n) is 49.4. The van der Waals surface area contributed by atoms with Crippen LogP contribution in [0, 0.1) is 23.7 Å². The van der Waals surface area contributed by atoms with Crippen molar-refractivity contribution in [1.82, 2.24) is 97.4 Å². The molecule has 20 aromatic rings. The van der Waals surface area contributed by atoms with Crippen molar-refractivity contribution in [2.24, 2.45) is 23.7 Å². The maximum absolute atomic E-state index is 12.2. The van der Waals surface area contributed by atoms with Crippen LogP contribution in [0.2, 0.25) is 0 Å². The van der Waals surface area contributed by atoms with Gasteiger partial charge in [0.05, 0.1) is 44.8 Å². The molecule has 0 radical (unpaired) electrons. The van der Waals surface area contributed by atoms with Crippen LogP contribution >= 0.6 is 0 Å². The highest BCUT2D eigenvalue weighted by Crippen LogP contribution is 2.40. The average molecular weight is 1880 g/mol. The van der Waals surface area contributed by atoms with Crippen LogP contribution in [0.4, 0.5) is 23.3 Å². The van der Waals surface area contributed by atoms with E-state index >= 15 is 0 Å². The third-order valence-corrected chi connectivity index (χ3v) is 28.6. The molecule has 0 atom stereocenters. The second-order valence-corrected chi connectivity index (χ2v) is 37.6. The molecule has 4 fully saturated rings. The summed E-state index contributed by atoms with van der Waals surface area (Å²) in [5.41, 5.74) is 48.1. The first-order chi connectivity index (χ1) is 69.6. The minimum absolute atomic E-state index is 0.0543. The van der Waals surface area contributed by atoms with Gasteiger partial charge in [-0.2, -0.15) is 0 Å². The number of piperidine rings is 4. The summed E-state index contributed by atoms with van der Waals surface area (Å²) in [6.07, 6.45) is 26.9. The van der Waals surface area contributed by atoms with Gasteiger partial charge in [-0.3, -0.25) is 27.2 Å². The molecule has 24 rings (SSSR count). The Hall–Kier alpha value is -16.1. The fourth-order valence-electron chi connectivity index (χ4n) is 20.7. The van der Waals surface area contributed by atoms with Crippen LogP contribution < -0.4 is 28.3 Å². The highest BCUT2D eigenvalue weighted by Gasteiger charge is 2.31. The Morgan fingerprint density at radius 3 is 0.873 bits per heavy atom. The minimum atomic E-state index is 0.0543. The number of fused-ring (bicyclic) bond motifs is 8. The van der Waals surface area contributed by atoms with Crippen molar-refractivity contribution in [3.8, 4) is 90.1 Å². The molecule has 16 heterocycles. The Balaban J connectivity index is 0.000000112. The Kier molecular flexibility index (Phi) is 27.0. The molecule has 0 bridgehead atoms. The van der Waals surface area contributed by atoms with Gasteiger partial charge in [0, 0.05) is 182 Å². The standard InChI is InChI=1S/C30H30N6O2.C29H28N6O.C29H30N6.C27H26N6/c1-38-19-27(37)35-14-11-20(12-15-35)17-26-34-28(29-30(31)32-13-16-36(26)29)23-8-7-22-9-10-24(33-25(22)18-23)21-5-3-2-4-6-21;1-19(36)34-14-11-20(12-15-34)17-26-33-27(28-29(30)31-13-16-35(26)28)23-8-7-22-9-10-24(32-25(22)18-23)21-5-3-2-4-6-21;1-2-34-15-12-20(13-16-34)18-26-33-27(28-29(30)31-14-17-35(26)28)23-9-8-22-10-11-24(32-25(22)19-23)21-6-4-3-5-7-21;28-27-26-25(32-24(33(26)15-14-30-27)16-18-10-12-29-13-11-18)21-7-6-20-8-9-22(31-23(20)17-21)19-4-2-1-3-5-19/h2-10,13,16,18,20H,11-12,14-15,17,19H2,1H3,(H2,31,32);2-10,13,16,18,20H,11-12,14-15,17H2,1H3,(H2,30,31);3-11,14,17,19-20H,2,12-13,15-16,18H2,1H3,(H2,30,31);1-9,14-15,17-18,29H,10-13,16H2,(H2,28,30). The predicted molar refractivity (Wildman–Crippen MR) is 566 cm³/mol. The number of aromatic nitrogens is 16. The highest BCUT2D eigenvalue weighted by molar-refractivity contribution is 5.96. The van der Waals surface area contributed by atoms with Crippen LogP contribution in [0.3, 0.4) is 0 Å². The van der Waals surface area contributed by atoms with Crippen LogP contribution in [-0.2, 0) is 40.0 Å². The lowest BCUT2D eigenvalue weighted by atomic mass is 9.93. The Bertz CT molecular complexity index is 7960. The van der Waals surface area contributed by atoms with E-state index < -0.39 is 0 Å². The number of benzene rings is 8. The summed E-state index contributed by atoms with van der Waals surface area (Å²) in [6.45, 7) is 12.7. The van der Waals surface area contributed by atoms with Crippen molar-refractivity contribution in [3.63, 3.8) is 0 Å². The smallest absolute Gasteiger partial charge is 0.248 e. The summed E-state index contributed by atoms with van der Waals surface area (Å²) in [5.74, 6) is 8.34. The zero-order chi connectivity index (χ0) is 96.7. The summed E-state index contributed by atoms with van der Waals surface area (Å²) in [7, 11) is 1.56. The molecule has 27 nitrogen and oxygen atoms in total. The van der Waals surface area contributed by atoms with Crippen LogP contribution in [0.15, 0.2) is 292 Å². The first kappa shape index (κ1) is 92.3. The predicted octanol–water partition coefficient (Wildman–Crippen LogP) is 19.8. The third-order valence-electron chi connectivity index (χ3n) is 28.6. The molecular formula is C115H114N24O3. The molecule has 4 saturated heterocycles. The lowest BCUT2D eigenvalue weighted by molar-refractivity contribution is -0.136. The molecule has 2 amide bonds. The summed E-state index contributed by atoms with van der Waals surface area (Å²) in [4.78, 5) is 87.9. The minimum Gasteiger partial charge on any atom is -0.382 e. The van der Waals surface area contributed by atoms with Crippen molar-refractivity contribution < 1.29 is 14.3 Å². The molecule has 8 aromatic carbocycles. The lowest BCUT2D eigenvalue weighted by Crippen LogP contribution is -2.40. The van der Waals surface area contributed by atoms with E-state index in [4.69, 9.17) is 67.5 Å². The molecule has 0 unspecified atom stereocenters. The van der Waals surface area contributed by atoms with Crippen molar-refractivity contribution in [2.45, 2.75) is 90.9 Å². The Morgan fingerprint density at radius 1 is 0.331 bits per heavy atom. The number of amides is 2. The maximum atomic E-state index is 12.2. The fraction of sp³-hybridized carbons (Fsp3) is 0.252. The number of nitrogens with one attached hydrogen (secondary N) is 1. The SMILES string of the molecule is CC(=O)N1CCC(Cc2nc(-c3ccc4ccc(-c5ccccc5)nc4c3)c3c(N)nccn23)CC1.CCN1CCC(Cc2nc(-c3ccc4ccc(-c5ccccc5)nc4c3)c3c(N)nccn23)CC1.COCC(=O)N1CCC(Cc2nc(-c3ccc4ccc(-c5ccccc5)nc4c3)c3c(N)nccn23)CC1.Nc1nccn2c(CC3CCNCC3)nc(-c3ccc4ccc(-c5ccccc5)nc4c3)c12. The van der Waals surface area contributed by atoms with Gasteiger partial charge in [-0.25, -0.2) is 59.8 Å². The molecule has 12 aromatic heterocycles. The number of hydrogen-bond donors (Lipinski definition) is 5. The van der Waals surface area contributed by atoms with Gasteiger partial charge in [0.1, 0.15) is 98.0 Å². The third kappa shape index (κ3) is 19.9. The molecule has 142 heavy (non-hydrogen) atoms. The zero-order valence-corrected chi connectivity index (χ0v) is 80.1. The summed E-state index contributed by atoms with van der Waals surface area (Å²) in [5, 5.41) is 7.79. The number of imidazole rings is 4. The largest absolute Gasteiger partial charge is 0.382 e. The summed E-state index contributed by atoms with van der Waals surface area (Å²) >= 11 is 0. The highest BCUT2D eigenvalue weighted by atomic mass is 16.5. The number of carbonyl (C=O) groups excluding carboxylic acids is 2. The number of likely N-dealkylation sites (tertiary alicyclic amines) is 3. The number of nitrogen functional groups attached to an aromatic ring is 4. The van der Waals surface area contributed by atoms with E-state index in [1.807, 2.05) is 107 Å². The number of hydrogen-bond acceptors (Lipinski definition) is 21. The van der Waals surface area contributed by atoms with Crippen LogP contribution in [0.1, 0.15) is 88.5 Å². The van der Waals surface area contributed by atoms with E-state index in [0.717, 1.165) is 276 Å². The number of methoxy groups -OCH3 is 1. The van der Waals surface area contributed by atoms with E-state index in [1.54, 1.807) is 38.8 Å². The maximum Gasteiger partial charge on any atom is 0.248 e.